The SMILES string of the molecule is O=C(Cn1cnc2ccccc21)Nc1cccc(-c2cccc(C(F)(F)F)n2)c1. The van der Waals surface area contributed by atoms with Crippen molar-refractivity contribution in [2.75, 3.05) is 5.32 Å². The molecule has 2 aromatic carbocycles. The Balaban J connectivity index is 1.53. The molecule has 1 amide bonds. The number of hydrogen-bond donors (Lipinski definition) is 1. The van der Waals surface area contributed by atoms with Crippen LogP contribution in [0.2, 0.25) is 0 Å². The lowest BCUT2D eigenvalue weighted by Gasteiger charge is -2.10. The van der Waals surface area contributed by atoms with E-state index in [2.05, 4.69) is 15.3 Å². The van der Waals surface area contributed by atoms with E-state index in [1.165, 1.54) is 12.1 Å². The minimum atomic E-state index is -4.52. The van der Waals surface area contributed by atoms with Gasteiger partial charge in [-0.05, 0) is 36.4 Å². The number of amides is 1. The van der Waals surface area contributed by atoms with Crippen molar-refractivity contribution in [3.05, 3.63) is 78.8 Å². The van der Waals surface area contributed by atoms with Crippen LogP contribution in [0.5, 0.6) is 0 Å². The monoisotopic (exact) mass is 396 g/mol. The molecule has 0 unspecified atom stereocenters. The van der Waals surface area contributed by atoms with Crippen molar-refractivity contribution in [3.63, 3.8) is 0 Å². The summed E-state index contributed by atoms with van der Waals surface area (Å²) in [5.74, 6) is -0.276. The smallest absolute Gasteiger partial charge is 0.325 e. The van der Waals surface area contributed by atoms with E-state index >= 15 is 0 Å². The van der Waals surface area contributed by atoms with Gasteiger partial charge in [-0.1, -0.05) is 30.3 Å². The molecule has 0 saturated carbocycles. The van der Waals surface area contributed by atoms with Gasteiger partial charge in [0.1, 0.15) is 12.2 Å². The number of carbonyl (C=O) groups excluding carboxylic acids is 1. The van der Waals surface area contributed by atoms with Crippen molar-refractivity contribution in [3.8, 4) is 11.3 Å². The normalized spacial score (nSPS) is 11.6. The van der Waals surface area contributed by atoms with E-state index in [0.29, 0.717) is 11.3 Å². The zero-order valence-corrected chi connectivity index (χ0v) is 15.0. The van der Waals surface area contributed by atoms with Crippen LogP contribution in [0.1, 0.15) is 5.69 Å². The largest absolute Gasteiger partial charge is 0.433 e. The Morgan fingerprint density at radius 2 is 1.79 bits per heavy atom. The summed E-state index contributed by atoms with van der Waals surface area (Å²) in [6.45, 7) is 0.0621. The van der Waals surface area contributed by atoms with Gasteiger partial charge in [-0.15, -0.1) is 0 Å². The molecule has 2 heterocycles. The summed E-state index contributed by atoms with van der Waals surface area (Å²) >= 11 is 0. The van der Waals surface area contributed by atoms with Gasteiger partial charge < -0.3 is 9.88 Å². The third-order valence-electron chi connectivity index (χ3n) is 4.32. The Hall–Kier alpha value is -3.68. The van der Waals surface area contributed by atoms with Gasteiger partial charge in [0, 0.05) is 11.3 Å². The van der Waals surface area contributed by atoms with Crippen LogP contribution in [-0.4, -0.2) is 20.4 Å². The van der Waals surface area contributed by atoms with Crippen LogP contribution in [0.3, 0.4) is 0 Å². The lowest BCUT2D eigenvalue weighted by atomic mass is 10.1. The first kappa shape index (κ1) is 18.7. The minimum Gasteiger partial charge on any atom is -0.325 e. The van der Waals surface area contributed by atoms with Crippen LogP contribution in [0.15, 0.2) is 73.1 Å². The van der Waals surface area contributed by atoms with Crippen LogP contribution >= 0.6 is 0 Å². The Bertz CT molecular complexity index is 1180. The zero-order chi connectivity index (χ0) is 20.4. The van der Waals surface area contributed by atoms with Gasteiger partial charge >= 0.3 is 6.18 Å². The molecule has 29 heavy (non-hydrogen) atoms. The quantitative estimate of drug-likeness (QED) is 0.541. The van der Waals surface area contributed by atoms with E-state index in [-0.39, 0.29) is 18.1 Å². The number of aromatic nitrogens is 3. The van der Waals surface area contributed by atoms with E-state index in [9.17, 15) is 18.0 Å². The molecule has 4 aromatic rings. The topological polar surface area (TPSA) is 59.8 Å². The summed E-state index contributed by atoms with van der Waals surface area (Å²) in [6, 6.07) is 17.7. The lowest BCUT2D eigenvalue weighted by Crippen LogP contribution is -2.18. The van der Waals surface area contributed by atoms with E-state index in [1.54, 1.807) is 35.2 Å². The maximum atomic E-state index is 12.9. The molecule has 146 valence electrons. The number of nitrogens with zero attached hydrogens (tertiary/aromatic N) is 3. The van der Waals surface area contributed by atoms with Crippen molar-refractivity contribution < 1.29 is 18.0 Å². The highest BCUT2D eigenvalue weighted by molar-refractivity contribution is 5.92. The third kappa shape index (κ3) is 4.11. The number of rotatable bonds is 4. The number of carbonyl (C=O) groups is 1. The zero-order valence-electron chi connectivity index (χ0n) is 15.0. The molecule has 5 nitrogen and oxygen atoms in total. The number of anilines is 1. The average Bonchev–Trinajstić information content (AvgIpc) is 3.10. The molecule has 0 saturated heterocycles. The second-order valence-electron chi connectivity index (χ2n) is 6.40. The lowest BCUT2D eigenvalue weighted by molar-refractivity contribution is -0.141. The average molecular weight is 396 g/mol. The van der Waals surface area contributed by atoms with Crippen molar-refractivity contribution >= 4 is 22.6 Å². The second kappa shape index (κ2) is 7.38. The van der Waals surface area contributed by atoms with Gasteiger partial charge in [0.05, 0.1) is 23.1 Å². The molecule has 1 N–H and O–H groups in total. The number of pyridine rings is 1. The minimum absolute atomic E-state index is 0.0621. The van der Waals surface area contributed by atoms with Crippen molar-refractivity contribution in [2.24, 2.45) is 0 Å². The number of imidazole rings is 1. The maximum absolute atomic E-state index is 12.9. The van der Waals surface area contributed by atoms with Gasteiger partial charge in [0.2, 0.25) is 5.91 Å². The molecule has 4 rings (SSSR count). The molecule has 8 heteroatoms. The Kier molecular flexibility index (Phi) is 4.75. The number of fused-ring (bicyclic) bond motifs is 1. The fourth-order valence-electron chi connectivity index (χ4n) is 3.00. The Morgan fingerprint density at radius 3 is 2.62 bits per heavy atom. The fourth-order valence-corrected chi connectivity index (χ4v) is 3.00. The summed E-state index contributed by atoms with van der Waals surface area (Å²) in [4.78, 5) is 20.4. The van der Waals surface area contributed by atoms with Crippen molar-refractivity contribution in [1.82, 2.24) is 14.5 Å². The Labute approximate surface area is 163 Å². The molecule has 0 radical (unpaired) electrons. The molecular formula is C21H15F3N4O. The molecule has 0 aliphatic rings. The predicted molar refractivity (Wildman–Crippen MR) is 103 cm³/mol. The first-order chi connectivity index (χ1) is 13.9. The van der Waals surface area contributed by atoms with Crippen molar-refractivity contribution in [1.29, 1.82) is 0 Å². The predicted octanol–water partition coefficient (Wildman–Crippen LogP) is 4.76. The van der Waals surface area contributed by atoms with Crippen LogP contribution in [0.25, 0.3) is 22.3 Å². The number of halogens is 3. The fraction of sp³-hybridized carbons (Fsp3) is 0.0952. The number of benzene rings is 2. The molecule has 0 fully saturated rings. The van der Waals surface area contributed by atoms with Crippen LogP contribution in [0, 0.1) is 0 Å². The highest BCUT2D eigenvalue weighted by Crippen LogP contribution is 2.30. The first-order valence-corrected chi connectivity index (χ1v) is 8.74. The summed E-state index contributed by atoms with van der Waals surface area (Å²) in [5, 5.41) is 2.76. The van der Waals surface area contributed by atoms with Crippen LogP contribution < -0.4 is 5.32 Å². The van der Waals surface area contributed by atoms with E-state index in [4.69, 9.17) is 0 Å². The highest BCUT2D eigenvalue weighted by Gasteiger charge is 2.32. The van der Waals surface area contributed by atoms with E-state index in [1.807, 2.05) is 24.3 Å². The molecule has 0 aliphatic carbocycles. The highest BCUT2D eigenvalue weighted by atomic mass is 19.4. The van der Waals surface area contributed by atoms with Gasteiger partial charge in [0.15, 0.2) is 0 Å². The number of para-hydroxylation sites is 2. The van der Waals surface area contributed by atoms with Crippen LogP contribution in [0.4, 0.5) is 18.9 Å². The van der Waals surface area contributed by atoms with Gasteiger partial charge in [0.25, 0.3) is 0 Å². The van der Waals surface area contributed by atoms with Crippen molar-refractivity contribution in [2.45, 2.75) is 12.7 Å². The van der Waals surface area contributed by atoms with E-state index < -0.39 is 11.9 Å². The van der Waals surface area contributed by atoms with Gasteiger partial charge in [-0.2, -0.15) is 13.2 Å². The molecule has 0 bridgehead atoms. The molecular weight excluding hydrogens is 381 g/mol. The van der Waals surface area contributed by atoms with E-state index in [0.717, 1.165) is 17.1 Å². The van der Waals surface area contributed by atoms with Gasteiger partial charge in [-0.25, -0.2) is 9.97 Å². The summed E-state index contributed by atoms with van der Waals surface area (Å²) < 4.78 is 40.4. The number of hydrogen-bond acceptors (Lipinski definition) is 3. The van der Waals surface area contributed by atoms with Gasteiger partial charge in [-0.3, -0.25) is 4.79 Å². The second-order valence-corrected chi connectivity index (χ2v) is 6.40. The molecule has 0 spiro atoms. The third-order valence-corrected chi connectivity index (χ3v) is 4.32. The summed E-state index contributed by atoms with van der Waals surface area (Å²) in [6.07, 6.45) is -2.93. The molecule has 0 atom stereocenters. The number of alkyl halides is 3. The first-order valence-electron chi connectivity index (χ1n) is 8.74. The summed E-state index contributed by atoms with van der Waals surface area (Å²) in [7, 11) is 0. The molecule has 2 aromatic heterocycles. The molecule has 0 aliphatic heterocycles. The number of nitrogens with one attached hydrogen (secondary N) is 1. The van der Waals surface area contributed by atoms with Crippen LogP contribution in [-0.2, 0) is 17.5 Å². The summed E-state index contributed by atoms with van der Waals surface area (Å²) in [5.41, 5.74) is 1.79. The maximum Gasteiger partial charge on any atom is 0.433 e. The standard InChI is InChI=1S/C21H15F3N4O/c22-21(23,24)19-10-4-8-16(27-19)14-5-3-6-15(11-14)26-20(29)12-28-13-25-17-7-1-2-9-18(17)28/h1-11,13H,12H2,(H,26,29). The Morgan fingerprint density at radius 1 is 1.00 bits per heavy atom.